The Balaban J connectivity index is 1.66. The first-order valence-electron chi connectivity index (χ1n) is 6.93. The Morgan fingerprint density at radius 2 is 2.21 bits per heavy atom. The Labute approximate surface area is 119 Å². The van der Waals surface area contributed by atoms with E-state index in [1.54, 1.807) is 0 Å². The Hall–Kier alpha value is -1.13. The Kier molecular flexibility index (Phi) is 5.16. The predicted octanol–water partition coefficient (Wildman–Crippen LogP) is 3.69. The molecular formula is C15H23N3S. The molecule has 2 aromatic heterocycles. The average molecular weight is 277 g/mol. The second-order valence-corrected chi connectivity index (χ2v) is 6.51. The highest BCUT2D eigenvalue weighted by Crippen LogP contribution is 2.25. The fraction of sp³-hybridized carbons (Fsp3) is 0.533. The van der Waals surface area contributed by atoms with Gasteiger partial charge in [0.25, 0.3) is 0 Å². The summed E-state index contributed by atoms with van der Waals surface area (Å²) in [4.78, 5) is 6.89. The molecule has 2 aromatic rings. The van der Waals surface area contributed by atoms with E-state index in [-0.39, 0.29) is 0 Å². The highest BCUT2D eigenvalue weighted by Gasteiger charge is 2.09. The molecule has 0 aromatic carbocycles. The van der Waals surface area contributed by atoms with Gasteiger partial charge >= 0.3 is 0 Å². The molecule has 0 saturated carbocycles. The fourth-order valence-electron chi connectivity index (χ4n) is 2.35. The van der Waals surface area contributed by atoms with E-state index >= 15 is 0 Å². The molecule has 0 aliphatic carbocycles. The topological polar surface area (TPSA) is 29.9 Å². The second-order valence-electron chi connectivity index (χ2n) is 5.05. The van der Waals surface area contributed by atoms with E-state index in [1.807, 2.05) is 30.1 Å². The molecular weight excluding hydrogens is 254 g/mol. The van der Waals surface area contributed by atoms with Crippen molar-refractivity contribution in [2.45, 2.75) is 46.2 Å². The minimum absolute atomic E-state index is 0.457. The zero-order valence-electron chi connectivity index (χ0n) is 12.0. The first kappa shape index (κ1) is 14.3. The van der Waals surface area contributed by atoms with Crippen molar-refractivity contribution in [1.29, 1.82) is 0 Å². The van der Waals surface area contributed by atoms with Crippen LogP contribution in [0.5, 0.6) is 0 Å². The monoisotopic (exact) mass is 277 g/mol. The lowest BCUT2D eigenvalue weighted by atomic mass is 10.1. The van der Waals surface area contributed by atoms with Crippen LogP contribution < -0.4 is 5.32 Å². The van der Waals surface area contributed by atoms with Crippen LogP contribution in [0.3, 0.4) is 0 Å². The maximum Gasteiger partial charge on any atom is 0.0945 e. The van der Waals surface area contributed by atoms with Gasteiger partial charge in [0.1, 0.15) is 0 Å². The molecule has 0 bridgehead atoms. The number of rotatable bonds is 7. The van der Waals surface area contributed by atoms with Gasteiger partial charge in [0, 0.05) is 34.7 Å². The Morgan fingerprint density at radius 3 is 2.84 bits per heavy atom. The number of nitrogens with one attached hydrogen (secondary N) is 1. The lowest BCUT2D eigenvalue weighted by Gasteiger charge is -2.13. The van der Waals surface area contributed by atoms with Crippen molar-refractivity contribution in [3.63, 3.8) is 0 Å². The molecule has 0 amide bonds. The zero-order chi connectivity index (χ0) is 13.7. The van der Waals surface area contributed by atoms with Crippen molar-refractivity contribution in [2.75, 3.05) is 6.54 Å². The van der Waals surface area contributed by atoms with E-state index in [0.717, 1.165) is 13.1 Å². The van der Waals surface area contributed by atoms with Crippen molar-refractivity contribution < 1.29 is 0 Å². The maximum atomic E-state index is 4.05. The highest BCUT2D eigenvalue weighted by atomic mass is 32.1. The van der Waals surface area contributed by atoms with Crippen molar-refractivity contribution in [1.82, 2.24) is 14.9 Å². The highest BCUT2D eigenvalue weighted by molar-refractivity contribution is 7.12. The molecule has 4 heteroatoms. The van der Waals surface area contributed by atoms with Crippen molar-refractivity contribution in [2.24, 2.45) is 0 Å². The third kappa shape index (κ3) is 4.18. The van der Waals surface area contributed by atoms with Crippen LogP contribution >= 0.6 is 11.3 Å². The summed E-state index contributed by atoms with van der Waals surface area (Å²) in [5, 5.41) is 3.61. The van der Waals surface area contributed by atoms with E-state index in [4.69, 9.17) is 0 Å². The molecule has 0 aliphatic rings. The molecule has 0 saturated heterocycles. The minimum Gasteiger partial charge on any atom is -0.337 e. The van der Waals surface area contributed by atoms with Gasteiger partial charge in [-0.2, -0.15) is 0 Å². The van der Waals surface area contributed by atoms with Crippen LogP contribution in [-0.2, 0) is 6.54 Å². The van der Waals surface area contributed by atoms with Gasteiger partial charge < -0.3 is 9.88 Å². The minimum atomic E-state index is 0.457. The van der Waals surface area contributed by atoms with Gasteiger partial charge in [-0.25, -0.2) is 4.98 Å². The molecule has 3 nitrogen and oxygen atoms in total. The molecule has 19 heavy (non-hydrogen) atoms. The zero-order valence-corrected chi connectivity index (χ0v) is 12.8. The molecule has 0 spiro atoms. The number of aromatic nitrogens is 2. The third-order valence-corrected chi connectivity index (χ3v) is 4.38. The SMILES string of the molecule is Cc1cc(C(C)NCCCCn2ccnc2)c(C)s1. The second kappa shape index (κ2) is 6.87. The maximum absolute atomic E-state index is 4.05. The van der Waals surface area contributed by atoms with Gasteiger partial charge in [-0.15, -0.1) is 11.3 Å². The summed E-state index contributed by atoms with van der Waals surface area (Å²) >= 11 is 1.89. The molecule has 0 fully saturated rings. The summed E-state index contributed by atoms with van der Waals surface area (Å²) in [5.74, 6) is 0. The Bertz CT molecular complexity index is 487. The first-order valence-corrected chi connectivity index (χ1v) is 7.74. The van der Waals surface area contributed by atoms with E-state index in [9.17, 15) is 0 Å². The van der Waals surface area contributed by atoms with Crippen molar-refractivity contribution in [3.05, 3.63) is 40.1 Å². The lowest BCUT2D eigenvalue weighted by molar-refractivity contribution is 0.523. The number of unbranched alkanes of at least 4 members (excludes halogenated alkanes) is 1. The lowest BCUT2D eigenvalue weighted by Crippen LogP contribution is -2.20. The normalized spacial score (nSPS) is 12.8. The number of thiophene rings is 1. The molecule has 1 N–H and O–H groups in total. The molecule has 2 rings (SSSR count). The quantitative estimate of drug-likeness (QED) is 0.782. The number of hydrogen-bond donors (Lipinski definition) is 1. The average Bonchev–Trinajstić information content (AvgIpc) is 2.98. The van der Waals surface area contributed by atoms with Crippen LogP contribution in [0, 0.1) is 13.8 Å². The van der Waals surface area contributed by atoms with Crippen LogP contribution in [0.1, 0.15) is 41.1 Å². The fourth-order valence-corrected chi connectivity index (χ4v) is 3.37. The summed E-state index contributed by atoms with van der Waals surface area (Å²) in [6, 6.07) is 2.77. The molecule has 1 unspecified atom stereocenters. The van der Waals surface area contributed by atoms with E-state index < -0.39 is 0 Å². The van der Waals surface area contributed by atoms with E-state index in [1.165, 1.54) is 28.2 Å². The summed E-state index contributed by atoms with van der Waals surface area (Å²) in [5.41, 5.74) is 1.46. The van der Waals surface area contributed by atoms with E-state index in [0.29, 0.717) is 6.04 Å². The molecule has 1 atom stereocenters. The summed E-state index contributed by atoms with van der Waals surface area (Å²) in [6.45, 7) is 8.78. The summed E-state index contributed by atoms with van der Waals surface area (Å²) < 4.78 is 2.13. The van der Waals surface area contributed by atoms with Gasteiger partial charge in [0.15, 0.2) is 0 Å². The number of nitrogens with zero attached hydrogens (tertiary/aromatic N) is 2. The number of aryl methyl sites for hydroxylation is 3. The smallest absolute Gasteiger partial charge is 0.0945 e. The van der Waals surface area contributed by atoms with Crippen LogP contribution in [-0.4, -0.2) is 16.1 Å². The molecule has 0 aliphatic heterocycles. The van der Waals surface area contributed by atoms with Gasteiger partial charge in [0.2, 0.25) is 0 Å². The summed E-state index contributed by atoms with van der Waals surface area (Å²) in [7, 11) is 0. The van der Waals surface area contributed by atoms with Crippen molar-refractivity contribution >= 4 is 11.3 Å². The standard InChI is InChI=1S/C15H23N3S/c1-12-10-15(14(3)19-12)13(2)17-6-4-5-8-18-9-7-16-11-18/h7,9-11,13,17H,4-6,8H2,1-3H3. The van der Waals surface area contributed by atoms with Crippen LogP contribution in [0.25, 0.3) is 0 Å². The Morgan fingerprint density at radius 1 is 1.37 bits per heavy atom. The van der Waals surface area contributed by atoms with Gasteiger partial charge in [-0.1, -0.05) is 0 Å². The predicted molar refractivity (Wildman–Crippen MR) is 81.7 cm³/mol. The van der Waals surface area contributed by atoms with Gasteiger partial charge in [-0.3, -0.25) is 0 Å². The summed E-state index contributed by atoms with van der Waals surface area (Å²) in [6.07, 6.45) is 8.13. The molecule has 0 radical (unpaired) electrons. The first-order chi connectivity index (χ1) is 9.16. The number of imidazole rings is 1. The van der Waals surface area contributed by atoms with Gasteiger partial charge in [0.05, 0.1) is 6.33 Å². The van der Waals surface area contributed by atoms with E-state index in [2.05, 4.69) is 41.7 Å². The van der Waals surface area contributed by atoms with Crippen LogP contribution in [0.2, 0.25) is 0 Å². The van der Waals surface area contributed by atoms with Gasteiger partial charge in [-0.05, 0) is 51.8 Å². The van der Waals surface area contributed by atoms with Crippen LogP contribution in [0.15, 0.2) is 24.8 Å². The van der Waals surface area contributed by atoms with Crippen LogP contribution in [0.4, 0.5) is 0 Å². The third-order valence-electron chi connectivity index (χ3n) is 3.40. The largest absolute Gasteiger partial charge is 0.337 e. The molecule has 2 heterocycles. The van der Waals surface area contributed by atoms with Crippen molar-refractivity contribution in [3.8, 4) is 0 Å². The molecule has 104 valence electrons. The number of hydrogen-bond acceptors (Lipinski definition) is 3.